The van der Waals surface area contributed by atoms with Crippen molar-refractivity contribution in [2.75, 3.05) is 0 Å². The molecule has 1 rings (SSSR count). The molecule has 0 radical (unpaired) electrons. The highest BCUT2D eigenvalue weighted by Crippen LogP contribution is 2.27. The van der Waals surface area contributed by atoms with E-state index in [-0.39, 0.29) is 17.4 Å². The molecule has 0 heterocycles. The summed E-state index contributed by atoms with van der Waals surface area (Å²) in [5.41, 5.74) is 6.05. The van der Waals surface area contributed by atoms with Crippen LogP contribution in [0.2, 0.25) is 0 Å². The summed E-state index contributed by atoms with van der Waals surface area (Å²) in [5.74, 6) is 0.916. The molecule has 1 amide bonds. The first-order valence-electron chi connectivity index (χ1n) is 7.37. The minimum Gasteiger partial charge on any atom is -0.353 e. The van der Waals surface area contributed by atoms with E-state index in [1.807, 2.05) is 0 Å². The fraction of sp³-hybridized carbons (Fsp3) is 0.933. The van der Waals surface area contributed by atoms with Gasteiger partial charge in [-0.15, -0.1) is 0 Å². The Bertz CT molecular complexity index is 270. The standard InChI is InChI=1S/C15H30N2O/c1-5-11-7-6-8-12(9-11)17-14(18)10-13(16)15(2,3)4/h11-13H,5-10,16H2,1-4H3,(H,17,18). The van der Waals surface area contributed by atoms with E-state index in [0.717, 1.165) is 18.8 Å². The van der Waals surface area contributed by atoms with Crippen molar-refractivity contribution in [3.05, 3.63) is 0 Å². The van der Waals surface area contributed by atoms with Crippen LogP contribution < -0.4 is 11.1 Å². The van der Waals surface area contributed by atoms with Crippen molar-refractivity contribution in [3.8, 4) is 0 Å². The average Bonchev–Trinajstić information content (AvgIpc) is 2.27. The SMILES string of the molecule is CCC1CCCC(NC(=O)CC(N)C(C)(C)C)C1. The lowest BCUT2D eigenvalue weighted by molar-refractivity contribution is -0.123. The molecular formula is C15H30N2O. The Morgan fingerprint density at radius 2 is 2.06 bits per heavy atom. The van der Waals surface area contributed by atoms with Gasteiger partial charge in [-0.1, -0.05) is 47.0 Å². The molecule has 0 aliphatic heterocycles. The predicted molar refractivity (Wildman–Crippen MR) is 76.2 cm³/mol. The van der Waals surface area contributed by atoms with Gasteiger partial charge in [0.1, 0.15) is 0 Å². The van der Waals surface area contributed by atoms with Gasteiger partial charge in [-0.25, -0.2) is 0 Å². The summed E-state index contributed by atoms with van der Waals surface area (Å²) in [6.07, 6.45) is 6.52. The molecule has 0 aromatic rings. The lowest BCUT2D eigenvalue weighted by Crippen LogP contribution is -2.44. The first-order chi connectivity index (χ1) is 8.32. The Hall–Kier alpha value is -0.570. The summed E-state index contributed by atoms with van der Waals surface area (Å²) in [7, 11) is 0. The summed E-state index contributed by atoms with van der Waals surface area (Å²) in [6, 6.07) is 0.312. The lowest BCUT2D eigenvalue weighted by atomic mass is 9.83. The topological polar surface area (TPSA) is 55.1 Å². The number of hydrogen-bond donors (Lipinski definition) is 2. The number of nitrogens with one attached hydrogen (secondary N) is 1. The van der Waals surface area contributed by atoms with Crippen LogP contribution in [0.3, 0.4) is 0 Å². The van der Waals surface area contributed by atoms with E-state index in [2.05, 4.69) is 33.0 Å². The number of nitrogens with two attached hydrogens (primary N) is 1. The monoisotopic (exact) mass is 254 g/mol. The van der Waals surface area contributed by atoms with Crippen LogP contribution in [0.15, 0.2) is 0 Å². The van der Waals surface area contributed by atoms with Crippen LogP contribution in [0.25, 0.3) is 0 Å². The minimum atomic E-state index is -0.0666. The molecule has 0 bridgehead atoms. The van der Waals surface area contributed by atoms with Crippen LogP contribution >= 0.6 is 0 Å². The van der Waals surface area contributed by atoms with Gasteiger partial charge in [-0.05, 0) is 24.2 Å². The van der Waals surface area contributed by atoms with Gasteiger partial charge in [0.2, 0.25) is 5.91 Å². The smallest absolute Gasteiger partial charge is 0.221 e. The van der Waals surface area contributed by atoms with Gasteiger partial charge < -0.3 is 11.1 Å². The zero-order valence-corrected chi connectivity index (χ0v) is 12.5. The summed E-state index contributed by atoms with van der Waals surface area (Å²) < 4.78 is 0. The van der Waals surface area contributed by atoms with Gasteiger partial charge in [0, 0.05) is 18.5 Å². The Morgan fingerprint density at radius 1 is 1.39 bits per heavy atom. The number of carbonyl (C=O) groups is 1. The minimum absolute atomic E-state index is 0.00411. The molecule has 1 fully saturated rings. The van der Waals surface area contributed by atoms with E-state index in [0.29, 0.717) is 12.5 Å². The molecule has 0 saturated heterocycles. The van der Waals surface area contributed by atoms with Gasteiger partial charge >= 0.3 is 0 Å². The maximum atomic E-state index is 12.0. The molecule has 3 unspecified atom stereocenters. The largest absolute Gasteiger partial charge is 0.353 e. The summed E-state index contributed by atoms with van der Waals surface area (Å²) in [5, 5.41) is 3.17. The van der Waals surface area contributed by atoms with E-state index < -0.39 is 0 Å². The van der Waals surface area contributed by atoms with E-state index in [1.54, 1.807) is 0 Å². The van der Waals surface area contributed by atoms with Gasteiger partial charge in [0.05, 0.1) is 0 Å². The first kappa shape index (κ1) is 15.5. The third-order valence-electron chi connectivity index (χ3n) is 4.24. The van der Waals surface area contributed by atoms with Crippen LogP contribution in [-0.2, 0) is 4.79 Å². The fourth-order valence-corrected chi connectivity index (χ4v) is 2.59. The van der Waals surface area contributed by atoms with Crippen LogP contribution in [-0.4, -0.2) is 18.0 Å². The normalized spacial score (nSPS) is 26.7. The molecule has 0 aromatic heterocycles. The molecule has 1 aliphatic carbocycles. The second-order valence-corrected chi connectivity index (χ2v) is 6.88. The van der Waals surface area contributed by atoms with E-state index >= 15 is 0 Å². The van der Waals surface area contributed by atoms with E-state index in [1.165, 1.54) is 19.3 Å². The highest BCUT2D eigenvalue weighted by molar-refractivity contribution is 5.77. The quantitative estimate of drug-likeness (QED) is 0.810. The van der Waals surface area contributed by atoms with Crippen molar-refractivity contribution in [2.45, 2.75) is 78.3 Å². The highest BCUT2D eigenvalue weighted by Gasteiger charge is 2.26. The highest BCUT2D eigenvalue weighted by atomic mass is 16.1. The lowest BCUT2D eigenvalue weighted by Gasteiger charge is -2.31. The van der Waals surface area contributed by atoms with Crippen molar-refractivity contribution in [2.24, 2.45) is 17.1 Å². The maximum absolute atomic E-state index is 12.0. The van der Waals surface area contributed by atoms with Gasteiger partial charge in [0.25, 0.3) is 0 Å². The third kappa shape index (κ3) is 4.97. The first-order valence-corrected chi connectivity index (χ1v) is 7.37. The van der Waals surface area contributed by atoms with Crippen molar-refractivity contribution in [3.63, 3.8) is 0 Å². The number of amides is 1. The molecular weight excluding hydrogens is 224 g/mol. The zero-order chi connectivity index (χ0) is 13.8. The molecule has 106 valence electrons. The number of hydrogen-bond acceptors (Lipinski definition) is 2. The summed E-state index contributed by atoms with van der Waals surface area (Å²) in [4.78, 5) is 12.0. The summed E-state index contributed by atoms with van der Waals surface area (Å²) in [6.45, 7) is 8.49. The average molecular weight is 254 g/mol. The number of rotatable bonds is 4. The van der Waals surface area contributed by atoms with Gasteiger partial charge in [0.15, 0.2) is 0 Å². The van der Waals surface area contributed by atoms with Crippen LogP contribution in [0.4, 0.5) is 0 Å². The van der Waals surface area contributed by atoms with Gasteiger partial charge in [-0.2, -0.15) is 0 Å². The molecule has 1 saturated carbocycles. The molecule has 3 N–H and O–H groups in total. The molecule has 3 atom stereocenters. The molecule has 3 nitrogen and oxygen atoms in total. The molecule has 1 aliphatic rings. The Morgan fingerprint density at radius 3 is 2.61 bits per heavy atom. The number of carbonyl (C=O) groups excluding carboxylic acids is 1. The Kier molecular flexibility index (Phi) is 5.64. The second-order valence-electron chi connectivity index (χ2n) is 6.88. The van der Waals surface area contributed by atoms with Gasteiger partial charge in [-0.3, -0.25) is 4.79 Å². The molecule has 18 heavy (non-hydrogen) atoms. The second kappa shape index (κ2) is 6.55. The Balaban J connectivity index is 2.36. The maximum Gasteiger partial charge on any atom is 0.221 e. The zero-order valence-electron chi connectivity index (χ0n) is 12.5. The van der Waals surface area contributed by atoms with Crippen molar-refractivity contribution < 1.29 is 4.79 Å². The van der Waals surface area contributed by atoms with E-state index in [9.17, 15) is 4.79 Å². The molecule has 0 spiro atoms. The van der Waals surface area contributed by atoms with Crippen molar-refractivity contribution in [1.29, 1.82) is 0 Å². The van der Waals surface area contributed by atoms with Crippen molar-refractivity contribution >= 4 is 5.91 Å². The molecule has 3 heteroatoms. The van der Waals surface area contributed by atoms with E-state index in [4.69, 9.17) is 5.73 Å². The fourth-order valence-electron chi connectivity index (χ4n) is 2.59. The third-order valence-corrected chi connectivity index (χ3v) is 4.24. The molecule has 0 aromatic carbocycles. The van der Waals surface area contributed by atoms with Crippen LogP contribution in [0.5, 0.6) is 0 Å². The van der Waals surface area contributed by atoms with Crippen molar-refractivity contribution in [1.82, 2.24) is 5.32 Å². The summed E-state index contributed by atoms with van der Waals surface area (Å²) >= 11 is 0. The van der Waals surface area contributed by atoms with Crippen LogP contribution in [0.1, 0.15) is 66.2 Å². The Labute approximate surface area is 112 Å². The predicted octanol–water partition coefficient (Wildman–Crippen LogP) is 2.83. The van der Waals surface area contributed by atoms with Crippen LogP contribution in [0, 0.1) is 11.3 Å².